The van der Waals surface area contributed by atoms with Crippen molar-refractivity contribution in [2.45, 2.75) is 45.6 Å². The highest BCUT2D eigenvalue weighted by molar-refractivity contribution is 5.82. The molecule has 0 atom stereocenters. The van der Waals surface area contributed by atoms with Crippen molar-refractivity contribution in [3.63, 3.8) is 0 Å². The van der Waals surface area contributed by atoms with Crippen LogP contribution >= 0.6 is 0 Å². The number of fused-ring (bicyclic) bond motifs is 1. The Morgan fingerprint density at radius 3 is 2.71 bits per heavy atom. The Labute approximate surface area is 126 Å². The molecule has 1 fully saturated rings. The highest BCUT2D eigenvalue weighted by Gasteiger charge is 2.30. The zero-order valence-electron chi connectivity index (χ0n) is 12.8. The van der Waals surface area contributed by atoms with Crippen LogP contribution in [-0.4, -0.2) is 18.3 Å². The van der Waals surface area contributed by atoms with E-state index in [0.29, 0.717) is 6.61 Å². The van der Waals surface area contributed by atoms with Gasteiger partial charge in [0.2, 0.25) is 0 Å². The Hall–Kier alpha value is -1.32. The van der Waals surface area contributed by atoms with Crippen molar-refractivity contribution < 1.29 is 9.52 Å². The van der Waals surface area contributed by atoms with Gasteiger partial charge in [-0.1, -0.05) is 37.5 Å². The number of aliphatic hydroxyl groups is 1. The Balaban J connectivity index is 1.67. The minimum Gasteiger partial charge on any atom is -0.461 e. The minimum absolute atomic E-state index is 0.0890. The molecule has 1 aromatic carbocycles. The fraction of sp³-hybridized carbons (Fsp3) is 0.556. The fourth-order valence-corrected chi connectivity index (χ4v) is 3.59. The largest absolute Gasteiger partial charge is 0.461 e. The van der Waals surface area contributed by atoms with Crippen molar-refractivity contribution in [3.05, 3.63) is 35.6 Å². The van der Waals surface area contributed by atoms with Crippen molar-refractivity contribution in [2.75, 3.05) is 13.2 Å². The molecule has 1 aliphatic rings. The third kappa shape index (κ3) is 2.99. The summed E-state index contributed by atoms with van der Waals surface area (Å²) in [6.07, 6.45) is 6.09. The minimum atomic E-state index is 0.0890. The summed E-state index contributed by atoms with van der Waals surface area (Å²) >= 11 is 0. The van der Waals surface area contributed by atoms with Crippen LogP contribution in [0.25, 0.3) is 11.0 Å². The molecule has 0 unspecified atom stereocenters. The van der Waals surface area contributed by atoms with Gasteiger partial charge in [0.25, 0.3) is 0 Å². The van der Waals surface area contributed by atoms with Gasteiger partial charge in [0.15, 0.2) is 0 Å². The molecule has 0 radical (unpaired) electrons. The Kier molecular flexibility index (Phi) is 4.32. The SMILES string of the molecule is Cc1oc2ccccc2c1CNCC1(CO)CCCCC1. The molecule has 114 valence electrons. The molecule has 1 saturated carbocycles. The van der Waals surface area contributed by atoms with Crippen molar-refractivity contribution in [1.82, 2.24) is 5.32 Å². The Bertz CT molecular complexity index is 596. The van der Waals surface area contributed by atoms with Crippen molar-refractivity contribution in [2.24, 2.45) is 5.41 Å². The maximum Gasteiger partial charge on any atom is 0.134 e. The second kappa shape index (κ2) is 6.20. The standard InChI is InChI=1S/C18H25NO2/c1-14-16(15-7-3-4-8-17(15)21-14)11-19-12-18(13-20)9-5-2-6-10-18/h3-4,7-8,19-20H,2,5-6,9-13H2,1H3. The van der Waals surface area contributed by atoms with Gasteiger partial charge in [-0.3, -0.25) is 0 Å². The maximum atomic E-state index is 9.77. The predicted octanol–water partition coefficient (Wildman–Crippen LogP) is 3.77. The van der Waals surface area contributed by atoms with E-state index in [1.807, 2.05) is 19.1 Å². The van der Waals surface area contributed by atoms with Gasteiger partial charge in [0.05, 0.1) is 0 Å². The maximum absolute atomic E-state index is 9.77. The summed E-state index contributed by atoms with van der Waals surface area (Å²) in [5.74, 6) is 0.991. The van der Waals surface area contributed by atoms with E-state index >= 15 is 0 Å². The summed E-state index contributed by atoms with van der Waals surface area (Å²) in [5, 5.41) is 14.5. The van der Waals surface area contributed by atoms with Crippen LogP contribution in [0.15, 0.2) is 28.7 Å². The highest BCUT2D eigenvalue weighted by atomic mass is 16.3. The fourth-order valence-electron chi connectivity index (χ4n) is 3.59. The summed E-state index contributed by atoms with van der Waals surface area (Å²) in [5.41, 5.74) is 2.29. The smallest absolute Gasteiger partial charge is 0.134 e. The summed E-state index contributed by atoms with van der Waals surface area (Å²) in [7, 11) is 0. The van der Waals surface area contributed by atoms with E-state index in [-0.39, 0.29) is 5.41 Å². The number of benzene rings is 1. The molecule has 0 bridgehead atoms. The van der Waals surface area contributed by atoms with Gasteiger partial charge in [-0.15, -0.1) is 0 Å². The summed E-state index contributed by atoms with van der Waals surface area (Å²) < 4.78 is 5.80. The number of rotatable bonds is 5. The first-order chi connectivity index (χ1) is 10.2. The second-order valence-corrected chi connectivity index (χ2v) is 6.46. The van der Waals surface area contributed by atoms with Gasteiger partial charge >= 0.3 is 0 Å². The third-order valence-electron chi connectivity index (χ3n) is 4.95. The lowest BCUT2D eigenvalue weighted by molar-refractivity contribution is 0.0810. The number of nitrogens with one attached hydrogen (secondary N) is 1. The van der Waals surface area contributed by atoms with Crippen LogP contribution in [-0.2, 0) is 6.54 Å². The summed E-state index contributed by atoms with van der Waals surface area (Å²) in [6, 6.07) is 8.19. The van der Waals surface area contributed by atoms with Gasteiger partial charge in [-0.25, -0.2) is 0 Å². The molecule has 3 nitrogen and oxygen atoms in total. The lowest BCUT2D eigenvalue weighted by Gasteiger charge is -2.35. The number of furan rings is 1. The molecular weight excluding hydrogens is 262 g/mol. The molecule has 1 heterocycles. The third-order valence-corrected chi connectivity index (χ3v) is 4.95. The van der Waals surface area contributed by atoms with Gasteiger partial charge in [-0.2, -0.15) is 0 Å². The topological polar surface area (TPSA) is 45.4 Å². The average Bonchev–Trinajstić information content (AvgIpc) is 2.84. The first-order valence-corrected chi connectivity index (χ1v) is 8.03. The molecule has 0 spiro atoms. The summed E-state index contributed by atoms with van der Waals surface area (Å²) in [6.45, 7) is 4.03. The number of hydrogen-bond acceptors (Lipinski definition) is 3. The molecule has 1 aromatic heterocycles. The first-order valence-electron chi connectivity index (χ1n) is 8.03. The van der Waals surface area contributed by atoms with E-state index in [0.717, 1.165) is 37.3 Å². The monoisotopic (exact) mass is 287 g/mol. The van der Waals surface area contributed by atoms with Crippen LogP contribution in [0.1, 0.15) is 43.4 Å². The van der Waals surface area contributed by atoms with E-state index in [9.17, 15) is 5.11 Å². The van der Waals surface area contributed by atoms with E-state index in [1.54, 1.807) is 0 Å². The number of para-hydroxylation sites is 1. The van der Waals surface area contributed by atoms with Gasteiger partial charge < -0.3 is 14.8 Å². The number of aliphatic hydroxyl groups excluding tert-OH is 1. The van der Waals surface area contributed by atoms with Crippen LogP contribution in [0.3, 0.4) is 0 Å². The zero-order valence-corrected chi connectivity index (χ0v) is 12.8. The Morgan fingerprint density at radius 1 is 1.19 bits per heavy atom. The van der Waals surface area contributed by atoms with E-state index < -0.39 is 0 Å². The quantitative estimate of drug-likeness (QED) is 0.880. The van der Waals surface area contributed by atoms with Gasteiger partial charge in [0.1, 0.15) is 11.3 Å². The molecule has 3 rings (SSSR count). The van der Waals surface area contributed by atoms with Crippen LogP contribution < -0.4 is 5.32 Å². The Morgan fingerprint density at radius 2 is 1.95 bits per heavy atom. The van der Waals surface area contributed by atoms with Crippen LogP contribution in [0.4, 0.5) is 0 Å². The average molecular weight is 287 g/mol. The lowest BCUT2D eigenvalue weighted by atomic mass is 9.74. The van der Waals surface area contributed by atoms with E-state index in [2.05, 4.69) is 17.4 Å². The molecule has 21 heavy (non-hydrogen) atoms. The highest BCUT2D eigenvalue weighted by Crippen LogP contribution is 2.35. The molecule has 0 saturated heterocycles. The van der Waals surface area contributed by atoms with E-state index in [4.69, 9.17) is 4.42 Å². The molecule has 0 aliphatic heterocycles. The van der Waals surface area contributed by atoms with Crippen LogP contribution in [0, 0.1) is 12.3 Å². The van der Waals surface area contributed by atoms with Crippen molar-refractivity contribution >= 4 is 11.0 Å². The zero-order chi connectivity index (χ0) is 14.7. The first kappa shape index (κ1) is 14.6. The predicted molar refractivity (Wildman–Crippen MR) is 85.3 cm³/mol. The molecule has 2 N–H and O–H groups in total. The van der Waals surface area contributed by atoms with E-state index in [1.165, 1.54) is 30.2 Å². The second-order valence-electron chi connectivity index (χ2n) is 6.46. The normalized spacial score (nSPS) is 18.2. The number of hydrogen-bond donors (Lipinski definition) is 2. The number of aryl methyl sites for hydroxylation is 1. The molecular formula is C18H25NO2. The molecule has 2 aromatic rings. The molecule has 3 heteroatoms. The van der Waals surface area contributed by atoms with Crippen molar-refractivity contribution in [3.8, 4) is 0 Å². The lowest BCUT2D eigenvalue weighted by Crippen LogP contribution is -2.38. The summed E-state index contributed by atoms with van der Waals surface area (Å²) in [4.78, 5) is 0. The van der Waals surface area contributed by atoms with Gasteiger partial charge in [-0.05, 0) is 25.8 Å². The van der Waals surface area contributed by atoms with Crippen LogP contribution in [0.2, 0.25) is 0 Å². The molecule has 1 aliphatic carbocycles. The van der Waals surface area contributed by atoms with Crippen molar-refractivity contribution in [1.29, 1.82) is 0 Å². The van der Waals surface area contributed by atoms with Crippen LogP contribution in [0.5, 0.6) is 0 Å². The van der Waals surface area contributed by atoms with Gasteiger partial charge in [0, 0.05) is 36.1 Å². The molecule has 0 amide bonds.